The van der Waals surface area contributed by atoms with Gasteiger partial charge in [-0.15, -0.1) is 11.3 Å². The minimum Gasteiger partial charge on any atom is -0.352 e. The Morgan fingerprint density at radius 2 is 1.82 bits per heavy atom. The lowest BCUT2D eigenvalue weighted by Crippen LogP contribution is -2.47. The van der Waals surface area contributed by atoms with Gasteiger partial charge in [0.05, 0.1) is 5.39 Å². The molecule has 0 spiro atoms. The Bertz CT molecular complexity index is 1220. The maximum absolute atomic E-state index is 12.6. The van der Waals surface area contributed by atoms with Crippen LogP contribution in [0.2, 0.25) is 0 Å². The molecule has 1 aromatic carbocycles. The van der Waals surface area contributed by atoms with Crippen molar-refractivity contribution in [2.75, 3.05) is 33.2 Å². The molecule has 9 heteroatoms. The Hall–Kier alpha value is -3.04. The van der Waals surface area contributed by atoms with Crippen LogP contribution in [0.5, 0.6) is 0 Å². The second-order valence-corrected chi connectivity index (χ2v) is 9.75. The van der Waals surface area contributed by atoms with Crippen LogP contribution in [0.4, 0.5) is 0 Å². The van der Waals surface area contributed by atoms with E-state index in [4.69, 9.17) is 0 Å². The molecule has 8 nitrogen and oxygen atoms in total. The largest absolute Gasteiger partial charge is 0.352 e. The number of benzene rings is 1. The molecule has 33 heavy (non-hydrogen) atoms. The minimum atomic E-state index is -0.150. The number of H-pyrrole nitrogens is 1. The number of carbonyl (C=O) groups is 2. The quantitative estimate of drug-likeness (QED) is 0.579. The molecule has 0 unspecified atom stereocenters. The van der Waals surface area contributed by atoms with Gasteiger partial charge in [-0.1, -0.05) is 12.1 Å². The molecule has 3 aromatic rings. The van der Waals surface area contributed by atoms with Crippen molar-refractivity contribution in [1.82, 2.24) is 25.1 Å². The zero-order valence-corrected chi connectivity index (χ0v) is 20.1. The fourth-order valence-electron chi connectivity index (χ4n) is 3.90. The third kappa shape index (κ3) is 5.31. The van der Waals surface area contributed by atoms with Gasteiger partial charge >= 0.3 is 0 Å². The Balaban J connectivity index is 1.28. The van der Waals surface area contributed by atoms with E-state index < -0.39 is 0 Å². The third-order valence-corrected chi connectivity index (χ3v) is 7.26. The number of aromatic amines is 1. The molecule has 4 rings (SSSR count). The van der Waals surface area contributed by atoms with Gasteiger partial charge in [0.25, 0.3) is 11.5 Å². The number of aryl methyl sites for hydroxylation is 3. The van der Waals surface area contributed by atoms with Gasteiger partial charge in [-0.2, -0.15) is 0 Å². The van der Waals surface area contributed by atoms with E-state index in [1.54, 1.807) is 0 Å². The van der Waals surface area contributed by atoms with Gasteiger partial charge in [-0.3, -0.25) is 14.4 Å². The van der Waals surface area contributed by atoms with Gasteiger partial charge in [0.2, 0.25) is 5.91 Å². The molecule has 0 saturated carbocycles. The molecule has 2 aromatic heterocycles. The van der Waals surface area contributed by atoms with Gasteiger partial charge in [0.15, 0.2) is 0 Å². The standard InChI is InChI=1S/C24H29N5O3S/c1-15-16(2)33-23-21(15)22(31)26-19(27-23)8-9-20(30)25-14-17-4-6-18(7-5-17)24(32)29-12-10-28(3)11-13-29/h4-7H,8-14H2,1-3H3,(H,25,30)(H,26,27,31). The number of aromatic nitrogens is 2. The van der Waals surface area contributed by atoms with E-state index in [1.165, 1.54) is 11.3 Å². The summed E-state index contributed by atoms with van der Waals surface area (Å²) in [6, 6.07) is 7.38. The number of hydrogen-bond donors (Lipinski definition) is 2. The first-order chi connectivity index (χ1) is 15.8. The molecule has 174 valence electrons. The number of rotatable bonds is 6. The number of nitrogens with one attached hydrogen (secondary N) is 2. The lowest BCUT2D eigenvalue weighted by atomic mass is 10.1. The number of carbonyl (C=O) groups excluding carboxylic acids is 2. The molecule has 1 aliphatic rings. The van der Waals surface area contributed by atoms with Crippen LogP contribution in [-0.2, 0) is 17.8 Å². The van der Waals surface area contributed by atoms with Crippen LogP contribution >= 0.6 is 11.3 Å². The fraction of sp³-hybridized carbons (Fsp3) is 0.417. The van der Waals surface area contributed by atoms with Crippen LogP contribution in [0.3, 0.4) is 0 Å². The van der Waals surface area contributed by atoms with Crippen molar-refractivity contribution in [1.29, 1.82) is 0 Å². The van der Waals surface area contributed by atoms with Gasteiger partial charge in [-0.25, -0.2) is 4.98 Å². The van der Waals surface area contributed by atoms with Crippen LogP contribution < -0.4 is 10.9 Å². The van der Waals surface area contributed by atoms with Crippen molar-refractivity contribution in [2.45, 2.75) is 33.2 Å². The molecule has 0 aliphatic carbocycles. The predicted molar refractivity (Wildman–Crippen MR) is 130 cm³/mol. The van der Waals surface area contributed by atoms with E-state index in [9.17, 15) is 14.4 Å². The molecule has 2 amide bonds. The summed E-state index contributed by atoms with van der Waals surface area (Å²) in [6.45, 7) is 7.54. The second-order valence-electron chi connectivity index (χ2n) is 8.55. The Morgan fingerprint density at radius 3 is 2.52 bits per heavy atom. The molecule has 1 saturated heterocycles. The van der Waals surface area contributed by atoms with Crippen molar-refractivity contribution < 1.29 is 9.59 Å². The predicted octanol–water partition coefficient (Wildman–Crippen LogP) is 2.24. The van der Waals surface area contributed by atoms with E-state index in [-0.39, 0.29) is 23.8 Å². The Morgan fingerprint density at radius 1 is 1.12 bits per heavy atom. The van der Waals surface area contributed by atoms with E-state index in [0.29, 0.717) is 29.7 Å². The monoisotopic (exact) mass is 467 g/mol. The summed E-state index contributed by atoms with van der Waals surface area (Å²) in [6.07, 6.45) is 0.600. The maximum Gasteiger partial charge on any atom is 0.259 e. The first-order valence-electron chi connectivity index (χ1n) is 11.1. The van der Waals surface area contributed by atoms with E-state index >= 15 is 0 Å². The Labute approximate surface area is 196 Å². The summed E-state index contributed by atoms with van der Waals surface area (Å²) in [4.78, 5) is 50.5. The third-order valence-electron chi connectivity index (χ3n) is 6.16. The van der Waals surface area contributed by atoms with Crippen molar-refractivity contribution in [3.05, 3.63) is 62.0 Å². The van der Waals surface area contributed by atoms with Crippen molar-refractivity contribution in [3.63, 3.8) is 0 Å². The highest BCUT2D eigenvalue weighted by atomic mass is 32.1. The topological polar surface area (TPSA) is 98.4 Å². The summed E-state index contributed by atoms with van der Waals surface area (Å²) >= 11 is 1.50. The zero-order chi connectivity index (χ0) is 23.5. The first-order valence-corrected chi connectivity index (χ1v) is 12.0. The molecule has 0 atom stereocenters. The number of piperazine rings is 1. The number of nitrogens with zero attached hydrogens (tertiary/aromatic N) is 3. The molecule has 1 aliphatic heterocycles. The lowest BCUT2D eigenvalue weighted by Gasteiger charge is -2.32. The van der Waals surface area contributed by atoms with E-state index in [1.807, 2.05) is 43.0 Å². The minimum absolute atomic E-state index is 0.0493. The first kappa shape index (κ1) is 23.1. The molecule has 0 radical (unpaired) electrons. The number of likely N-dealkylation sites (N-methyl/N-ethyl adjacent to an activating group) is 1. The van der Waals surface area contributed by atoms with Crippen molar-refractivity contribution >= 4 is 33.4 Å². The highest BCUT2D eigenvalue weighted by Gasteiger charge is 2.20. The normalized spacial score (nSPS) is 14.6. The summed E-state index contributed by atoms with van der Waals surface area (Å²) in [5.41, 5.74) is 2.41. The average molecular weight is 468 g/mol. The van der Waals surface area contributed by atoms with Crippen LogP contribution in [0.15, 0.2) is 29.1 Å². The van der Waals surface area contributed by atoms with Gasteiger partial charge in [0, 0.05) is 56.0 Å². The van der Waals surface area contributed by atoms with Crippen LogP contribution in [-0.4, -0.2) is 64.8 Å². The highest BCUT2D eigenvalue weighted by molar-refractivity contribution is 7.18. The SMILES string of the molecule is Cc1sc2nc(CCC(=O)NCc3ccc(C(=O)N4CCN(C)CC4)cc3)[nH]c(=O)c2c1C. The van der Waals surface area contributed by atoms with Gasteiger partial charge in [-0.05, 0) is 44.2 Å². The highest BCUT2D eigenvalue weighted by Crippen LogP contribution is 2.25. The average Bonchev–Trinajstić information content (AvgIpc) is 3.10. The molecule has 3 heterocycles. The smallest absolute Gasteiger partial charge is 0.259 e. The lowest BCUT2D eigenvalue weighted by molar-refractivity contribution is -0.121. The van der Waals surface area contributed by atoms with E-state index in [0.717, 1.165) is 47.0 Å². The molecular formula is C24H29N5O3S. The summed E-state index contributed by atoms with van der Waals surface area (Å²) in [7, 11) is 2.06. The summed E-state index contributed by atoms with van der Waals surface area (Å²) < 4.78 is 0. The molecule has 0 bridgehead atoms. The van der Waals surface area contributed by atoms with Gasteiger partial charge < -0.3 is 20.1 Å². The molecule has 2 N–H and O–H groups in total. The van der Waals surface area contributed by atoms with Crippen molar-refractivity contribution in [2.24, 2.45) is 0 Å². The number of hydrogen-bond acceptors (Lipinski definition) is 6. The molecular weight excluding hydrogens is 438 g/mol. The summed E-state index contributed by atoms with van der Waals surface area (Å²) in [5.74, 6) is 0.456. The van der Waals surface area contributed by atoms with Crippen molar-refractivity contribution in [3.8, 4) is 0 Å². The van der Waals surface area contributed by atoms with Crippen LogP contribution in [0, 0.1) is 13.8 Å². The maximum atomic E-state index is 12.6. The number of fused-ring (bicyclic) bond motifs is 1. The fourth-order valence-corrected chi connectivity index (χ4v) is 4.94. The van der Waals surface area contributed by atoms with Crippen LogP contribution in [0.25, 0.3) is 10.2 Å². The Kier molecular flexibility index (Phi) is 6.90. The second kappa shape index (κ2) is 9.84. The van der Waals surface area contributed by atoms with Gasteiger partial charge in [0.1, 0.15) is 10.7 Å². The molecule has 1 fully saturated rings. The van der Waals surface area contributed by atoms with Crippen LogP contribution in [0.1, 0.15) is 38.6 Å². The number of thiophene rings is 1. The summed E-state index contributed by atoms with van der Waals surface area (Å²) in [5, 5.41) is 3.53. The van der Waals surface area contributed by atoms with E-state index in [2.05, 4.69) is 27.2 Å². The number of amides is 2. The zero-order valence-electron chi connectivity index (χ0n) is 19.2.